The van der Waals surface area contributed by atoms with Crippen LogP contribution in [0.5, 0.6) is 0 Å². The molecule has 8 nitrogen and oxygen atoms in total. The van der Waals surface area contributed by atoms with Gasteiger partial charge in [-0.3, -0.25) is 4.79 Å². The fourth-order valence-corrected chi connectivity index (χ4v) is 5.83. The number of sulfonamides is 1. The summed E-state index contributed by atoms with van der Waals surface area (Å²) in [6, 6.07) is 10.3. The third kappa shape index (κ3) is 5.73. The molecule has 0 aliphatic rings. The van der Waals surface area contributed by atoms with E-state index in [2.05, 4.69) is 21.6 Å². The topological polar surface area (TPSA) is 97.2 Å². The van der Waals surface area contributed by atoms with Crippen LogP contribution in [0.3, 0.4) is 0 Å². The molecule has 0 atom stereocenters. The summed E-state index contributed by atoms with van der Waals surface area (Å²) in [6.45, 7) is 4.42. The van der Waals surface area contributed by atoms with E-state index in [9.17, 15) is 13.2 Å². The van der Waals surface area contributed by atoms with Gasteiger partial charge in [0.1, 0.15) is 5.82 Å². The van der Waals surface area contributed by atoms with E-state index in [1.165, 1.54) is 33.1 Å². The number of carbonyl (C=O) groups is 1. The van der Waals surface area contributed by atoms with E-state index < -0.39 is 10.0 Å². The molecule has 11 heteroatoms. The summed E-state index contributed by atoms with van der Waals surface area (Å²) in [5.74, 6) is 0.812. The number of hydrogen-bond acceptors (Lipinski definition) is 7. The van der Waals surface area contributed by atoms with Gasteiger partial charge in [0.25, 0.3) is 0 Å². The number of carbonyl (C=O) groups excluding carboxylic acids is 1. The van der Waals surface area contributed by atoms with Crippen molar-refractivity contribution in [2.75, 3.05) is 24.2 Å². The second kappa shape index (κ2) is 10.4. The van der Waals surface area contributed by atoms with Crippen molar-refractivity contribution in [3.05, 3.63) is 52.5 Å². The molecule has 0 radical (unpaired) electrons. The lowest BCUT2D eigenvalue weighted by Gasteiger charge is -2.18. The second-order valence-electron chi connectivity index (χ2n) is 6.66. The lowest BCUT2D eigenvalue weighted by Crippen LogP contribution is -2.30. The van der Waals surface area contributed by atoms with Crippen molar-refractivity contribution < 1.29 is 13.2 Å². The summed E-state index contributed by atoms with van der Waals surface area (Å²) in [7, 11) is -1.63. The molecular weight excluding hydrogens is 454 g/mol. The molecule has 2 aromatic heterocycles. The Balaban J connectivity index is 1.56. The Hall–Kier alpha value is -2.21. The van der Waals surface area contributed by atoms with E-state index >= 15 is 0 Å². The molecule has 1 amide bonds. The molecule has 0 unspecified atom stereocenters. The van der Waals surface area contributed by atoms with Crippen LogP contribution in [0.15, 0.2) is 51.8 Å². The second-order valence-corrected chi connectivity index (χ2v) is 10.6. The van der Waals surface area contributed by atoms with Crippen LogP contribution in [0.4, 0.5) is 5.69 Å². The molecule has 0 spiro atoms. The number of nitrogens with one attached hydrogen (secondary N) is 1. The summed E-state index contributed by atoms with van der Waals surface area (Å²) in [4.78, 5) is 13.7. The fourth-order valence-electron chi connectivity index (χ4n) is 2.94. The van der Waals surface area contributed by atoms with E-state index in [0.717, 1.165) is 5.82 Å². The lowest BCUT2D eigenvalue weighted by molar-refractivity contribution is -0.113. The Morgan fingerprint density at radius 3 is 2.48 bits per heavy atom. The molecule has 0 aliphatic carbocycles. The molecule has 0 bridgehead atoms. The number of amides is 1. The van der Waals surface area contributed by atoms with Gasteiger partial charge < -0.3 is 9.88 Å². The van der Waals surface area contributed by atoms with Crippen molar-refractivity contribution in [1.82, 2.24) is 19.1 Å². The minimum Gasteiger partial charge on any atom is -0.325 e. The molecule has 0 saturated heterocycles. The molecule has 1 aromatic carbocycles. The van der Waals surface area contributed by atoms with E-state index in [4.69, 9.17) is 0 Å². The third-order valence-electron chi connectivity index (χ3n) is 4.65. The normalized spacial score (nSPS) is 11.7. The largest absolute Gasteiger partial charge is 0.325 e. The SMILES string of the molecule is CCN(CC)S(=O)(=O)c1ccc(NC(=O)CSc2nnc(Cc3cccs3)n2C)cc1. The molecule has 31 heavy (non-hydrogen) atoms. The first-order valence-corrected chi connectivity index (χ1v) is 13.1. The van der Waals surface area contributed by atoms with Crippen molar-refractivity contribution in [2.24, 2.45) is 7.05 Å². The zero-order valence-corrected chi connectivity index (χ0v) is 20.1. The summed E-state index contributed by atoms with van der Waals surface area (Å²) >= 11 is 2.97. The summed E-state index contributed by atoms with van der Waals surface area (Å²) in [5, 5.41) is 13.9. The van der Waals surface area contributed by atoms with Gasteiger partial charge >= 0.3 is 0 Å². The van der Waals surface area contributed by atoms with Gasteiger partial charge in [-0.1, -0.05) is 31.7 Å². The van der Waals surface area contributed by atoms with Gasteiger partial charge in [0.05, 0.1) is 10.6 Å². The van der Waals surface area contributed by atoms with Gasteiger partial charge in [-0.15, -0.1) is 21.5 Å². The molecule has 3 rings (SSSR count). The van der Waals surface area contributed by atoms with Crippen molar-refractivity contribution >= 4 is 44.7 Å². The van der Waals surface area contributed by atoms with Crippen LogP contribution in [0, 0.1) is 0 Å². The van der Waals surface area contributed by atoms with Crippen LogP contribution in [-0.4, -0.2) is 52.2 Å². The third-order valence-corrected chi connectivity index (χ3v) is 8.61. The molecule has 0 saturated carbocycles. The van der Waals surface area contributed by atoms with Crippen molar-refractivity contribution in [3.63, 3.8) is 0 Å². The number of hydrogen-bond donors (Lipinski definition) is 1. The Bertz CT molecular complexity index is 1110. The average molecular weight is 480 g/mol. The first kappa shape index (κ1) is 23.5. The highest BCUT2D eigenvalue weighted by molar-refractivity contribution is 7.99. The standard InChI is InChI=1S/C20H25N5O3S3/c1-4-25(5-2)31(27,28)17-10-8-15(9-11-17)21-19(26)14-30-20-23-22-18(24(20)3)13-16-7-6-12-29-16/h6-12H,4-5,13-14H2,1-3H3,(H,21,26). The molecule has 0 aliphatic heterocycles. The number of anilines is 1. The first-order valence-electron chi connectivity index (χ1n) is 9.78. The van der Waals surface area contributed by atoms with Crippen molar-refractivity contribution in [2.45, 2.75) is 30.3 Å². The molecular formula is C20H25N5O3S3. The Morgan fingerprint density at radius 2 is 1.87 bits per heavy atom. The zero-order chi connectivity index (χ0) is 22.4. The smallest absolute Gasteiger partial charge is 0.243 e. The monoisotopic (exact) mass is 479 g/mol. The van der Waals surface area contributed by atoms with Gasteiger partial charge in [-0.2, -0.15) is 4.31 Å². The highest BCUT2D eigenvalue weighted by atomic mass is 32.2. The molecule has 3 aromatic rings. The van der Waals surface area contributed by atoms with Crippen LogP contribution < -0.4 is 5.32 Å². The fraction of sp³-hybridized carbons (Fsp3) is 0.350. The summed E-state index contributed by atoms with van der Waals surface area (Å²) in [6.07, 6.45) is 0.705. The van der Waals surface area contributed by atoms with E-state index in [1.807, 2.05) is 23.1 Å². The number of benzene rings is 1. The van der Waals surface area contributed by atoms with Crippen LogP contribution >= 0.6 is 23.1 Å². The van der Waals surface area contributed by atoms with Crippen LogP contribution in [0.2, 0.25) is 0 Å². The van der Waals surface area contributed by atoms with Gasteiger partial charge in [0.2, 0.25) is 15.9 Å². The predicted molar refractivity (Wildman–Crippen MR) is 124 cm³/mol. The molecule has 2 heterocycles. The van der Waals surface area contributed by atoms with Crippen LogP contribution in [0.1, 0.15) is 24.5 Å². The van der Waals surface area contributed by atoms with Gasteiger partial charge in [0, 0.05) is 37.1 Å². The van der Waals surface area contributed by atoms with Crippen molar-refractivity contribution in [1.29, 1.82) is 0 Å². The quantitative estimate of drug-likeness (QED) is 0.449. The average Bonchev–Trinajstić information content (AvgIpc) is 3.38. The number of rotatable bonds is 10. The minimum atomic E-state index is -3.51. The highest BCUT2D eigenvalue weighted by Crippen LogP contribution is 2.21. The van der Waals surface area contributed by atoms with E-state index in [-0.39, 0.29) is 16.6 Å². The zero-order valence-electron chi connectivity index (χ0n) is 17.6. The molecule has 166 valence electrons. The van der Waals surface area contributed by atoms with Gasteiger partial charge in [-0.25, -0.2) is 8.42 Å². The molecule has 1 N–H and O–H groups in total. The summed E-state index contributed by atoms with van der Waals surface area (Å²) < 4.78 is 28.4. The Labute approximate surface area is 190 Å². The maximum Gasteiger partial charge on any atom is 0.243 e. The van der Waals surface area contributed by atoms with Crippen molar-refractivity contribution in [3.8, 4) is 0 Å². The maximum absolute atomic E-state index is 12.5. The number of nitrogens with zero attached hydrogens (tertiary/aromatic N) is 4. The Morgan fingerprint density at radius 1 is 1.16 bits per heavy atom. The highest BCUT2D eigenvalue weighted by Gasteiger charge is 2.21. The molecule has 0 fully saturated rings. The van der Waals surface area contributed by atoms with Crippen LogP contribution in [0.25, 0.3) is 0 Å². The van der Waals surface area contributed by atoms with Gasteiger partial charge in [0.15, 0.2) is 5.16 Å². The lowest BCUT2D eigenvalue weighted by atomic mass is 10.3. The van der Waals surface area contributed by atoms with Gasteiger partial charge in [-0.05, 0) is 35.7 Å². The number of thiophene rings is 1. The van der Waals surface area contributed by atoms with E-state index in [1.54, 1.807) is 37.3 Å². The van der Waals surface area contributed by atoms with E-state index in [0.29, 0.717) is 30.4 Å². The van der Waals surface area contributed by atoms with Crippen LogP contribution in [-0.2, 0) is 28.3 Å². The predicted octanol–water partition coefficient (Wildman–Crippen LogP) is 3.23. The Kier molecular flexibility index (Phi) is 7.87. The number of aromatic nitrogens is 3. The maximum atomic E-state index is 12.5. The number of thioether (sulfide) groups is 1. The first-order chi connectivity index (χ1) is 14.8. The minimum absolute atomic E-state index is 0.171. The summed E-state index contributed by atoms with van der Waals surface area (Å²) in [5.41, 5.74) is 0.542.